The van der Waals surface area contributed by atoms with E-state index >= 15 is 0 Å². The summed E-state index contributed by atoms with van der Waals surface area (Å²) in [6.07, 6.45) is 0.813. The number of phenolic OH excluding ortho intramolecular Hbond substituents is 1. The van der Waals surface area contributed by atoms with E-state index in [1.54, 1.807) is 12.1 Å². The van der Waals surface area contributed by atoms with Crippen molar-refractivity contribution in [2.24, 2.45) is 5.73 Å². The molecule has 23 heavy (non-hydrogen) atoms. The highest BCUT2D eigenvalue weighted by molar-refractivity contribution is 5.43. The molecule has 0 aromatic heterocycles. The molecule has 1 atom stereocenters. The van der Waals surface area contributed by atoms with E-state index in [1.165, 1.54) is 0 Å². The van der Waals surface area contributed by atoms with Gasteiger partial charge in [0.2, 0.25) is 0 Å². The number of hydrogen-bond donors (Lipinski definition) is 2. The Kier molecular flexibility index (Phi) is 6.29. The maximum atomic E-state index is 9.42. The molecule has 0 amide bonds. The van der Waals surface area contributed by atoms with Crippen molar-refractivity contribution in [3.63, 3.8) is 0 Å². The number of aromatic hydroxyl groups is 1. The van der Waals surface area contributed by atoms with E-state index in [0.29, 0.717) is 19.8 Å². The fraction of sp³-hybridized carbons (Fsp3) is 0.368. The van der Waals surface area contributed by atoms with Gasteiger partial charge >= 0.3 is 0 Å². The standard InChI is InChI=1S/C19H25NO3/c1-3-22-18-10-5-14(12-19(18)23-4-2)11-16(13-20)15-6-8-17(21)9-7-15/h5-10,12,16,21H,3-4,11,13,20H2,1-2H3. The number of phenols is 1. The fourth-order valence-corrected chi connectivity index (χ4v) is 2.59. The SMILES string of the molecule is CCOc1ccc(CC(CN)c2ccc(O)cc2)cc1OCC. The predicted octanol–water partition coefficient (Wildman–Crippen LogP) is 3.47. The molecule has 2 aromatic rings. The molecule has 0 heterocycles. The van der Waals surface area contributed by atoms with Crippen LogP contribution in [0.1, 0.15) is 30.9 Å². The van der Waals surface area contributed by atoms with Crippen molar-refractivity contribution >= 4 is 0 Å². The molecule has 0 aliphatic carbocycles. The summed E-state index contributed by atoms with van der Waals surface area (Å²) >= 11 is 0. The zero-order valence-corrected chi connectivity index (χ0v) is 13.8. The highest BCUT2D eigenvalue weighted by Crippen LogP contribution is 2.31. The van der Waals surface area contributed by atoms with Gasteiger partial charge in [-0.15, -0.1) is 0 Å². The third-order valence-corrected chi connectivity index (χ3v) is 3.74. The van der Waals surface area contributed by atoms with Crippen LogP contribution in [0, 0.1) is 0 Å². The quantitative estimate of drug-likeness (QED) is 0.783. The average molecular weight is 315 g/mol. The van der Waals surface area contributed by atoms with E-state index in [1.807, 2.05) is 38.1 Å². The van der Waals surface area contributed by atoms with E-state index in [9.17, 15) is 5.11 Å². The first kappa shape index (κ1) is 17.2. The molecular weight excluding hydrogens is 290 g/mol. The van der Waals surface area contributed by atoms with Crippen molar-refractivity contribution in [1.82, 2.24) is 0 Å². The summed E-state index contributed by atoms with van der Waals surface area (Å²) in [5.41, 5.74) is 8.22. The molecule has 1 unspecified atom stereocenters. The van der Waals surface area contributed by atoms with E-state index in [4.69, 9.17) is 15.2 Å². The number of benzene rings is 2. The predicted molar refractivity (Wildman–Crippen MR) is 92.4 cm³/mol. The Morgan fingerprint density at radius 1 is 0.957 bits per heavy atom. The summed E-state index contributed by atoms with van der Waals surface area (Å²) in [4.78, 5) is 0. The molecule has 0 radical (unpaired) electrons. The maximum absolute atomic E-state index is 9.42. The Morgan fingerprint density at radius 3 is 2.22 bits per heavy atom. The van der Waals surface area contributed by atoms with Gasteiger partial charge in [0, 0.05) is 5.92 Å². The van der Waals surface area contributed by atoms with Crippen LogP contribution >= 0.6 is 0 Å². The second-order valence-corrected chi connectivity index (χ2v) is 5.38. The Hall–Kier alpha value is -2.20. The zero-order chi connectivity index (χ0) is 16.7. The molecule has 0 bridgehead atoms. The van der Waals surface area contributed by atoms with Crippen LogP contribution < -0.4 is 15.2 Å². The summed E-state index contributed by atoms with van der Waals surface area (Å²) < 4.78 is 11.3. The molecule has 2 rings (SSSR count). The zero-order valence-electron chi connectivity index (χ0n) is 13.8. The first-order valence-electron chi connectivity index (χ1n) is 8.05. The second-order valence-electron chi connectivity index (χ2n) is 5.38. The van der Waals surface area contributed by atoms with Gasteiger partial charge in [0.05, 0.1) is 13.2 Å². The van der Waals surface area contributed by atoms with Gasteiger partial charge in [0.15, 0.2) is 11.5 Å². The van der Waals surface area contributed by atoms with Crippen LogP contribution in [0.3, 0.4) is 0 Å². The molecule has 3 N–H and O–H groups in total. The van der Waals surface area contributed by atoms with Crippen molar-refractivity contribution in [2.75, 3.05) is 19.8 Å². The van der Waals surface area contributed by atoms with Gasteiger partial charge in [0.1, 0.15) is 5.75 Å². The molecule has 124 valence electrons. The summed E-state index contributed by atoms with van der Waals surface area (Å²) in [5.74, 6) is 2.01. The van der Waals surface area contributed by atoms with Gasteiger partial charge in [0.25, 0.3) is 0 Å². The minimum Gasteiger partial charge on any atom is -0.508 e. The van der Waals surface area contributed by atoms with Crippen LogP contribution in [-0.2, 0) is 6.42 Å². The Morgan fingerprint density at radius 2 is 1.61 bits per heavy atom. The minimum atomic E-state index is 0.197. The van der Waals surface area contributed by atoms with Gasteiger partial charge in [-0.05, 0) is 62.2 Å². The Balaban J connectivity index is 2.19. The van der Waals surface area contributed by atoms with Crippen LogP contribution in [0.25, 0.3) is 0 Å². The summed E-state index contributed by atoms with van der Waals surface area (Å²) in [6.45, 7) is 5.67. The van der Waals surface area contributed by atoms with E-state index in [0.717, 1.165) is 29.0 Å². The topological polar surface area (TPSA) is 64.7 Å². The Labute approximate surface area is 137 Å². The summed E-state index contributed by atoms with van der Waals surface area (Å²) in [5, 5.41) is 9.42. The van der Waals surface area contributed by atoms with Gasteiger partial charge in [-0.1, -0.05) is 18.2 Å². The van der Waals surface area contributed by atoms with Gasteiger partial charge < -0.3 is 20.3 Å². The van der Waals surface area contributed by atoms with Crippen molar-refractivity contribution in [3.8, 4) is 17.2 Å². The number of rotatable bonds is 8. The third kappa shape index (κ3) is 4.63. The molecule has 2 aromatic carbocycles. The van der Waals surface area contributed by atoms with Crippen molar-refractivity contribution in [1.29, 1.82) is 0 Å². The maximum Gasteiger partial charge on any atom is 0.161 e. The second kappa shape index (κ2) is 8.44. The van der Waals surface area contributed by atoms with Crippen molar-refractivity contribution in [3.05, 3.63) is 53.6 Å². The molecule has 0 saturated heterocycles. The molecule has 0 fully saturated rings. The fourth-order valence-electron chi connectivity index (χ4n) is 2.59. The van der Waals surface area contributed by atoms with E-state index in [2.05, 4.69) is 6.07 Å². The number of ether oxygens (including phenoxy) is 2. The molecule has 4 heteroatoms. The molecule has 0 aliphatic rings. The smallest absolute Gasteiger partial charge is 0.161 e. The van der Waals surface area contributed by atoms with Crippen LogP contribution in [-0.4, -0.2) is 24.9 Å². The number of nitrogens with two attached hydrogens (primary N) is 1. The van der Waals surface area contributed by atoms with Gasteiger partial charge in [-0.3, -0.25) is 0 Å². The van der Waals surface area contributed by atoms with Crippen LogP contribution in [0.5, 0.6) is 17.2 Å². The summed E-state index contributed by atoms with van der Waals surface area (Å²) in [6, 6.07) is 13.3. The van der Waals surface area contributed by atoms with E-state index in [-0.39, 0.29) is 11.7 Å². The molecule has 0 spiro atoms. The molecular formula is C19H25NO3. The molecule has 0 aliphatic heterocycles. The van der Waals surface area contributed by atoms with Crippen molar-refractivity contribution in [2.45, 2.75) is 26.2 Å². The minimum absolute atomic E-state index is 0.197. The number of hydrogen-bond acceptors (Lipinski definition) is 4. The normalized spacial score (nSPS) is 12.0. The van der Waals surface area contributed by atoms with Gasteiger partial charge in [-0.25, -0.2) is 0 Å². The summed E-state index contributed by atoms with van der Waals surface area (Å²) in [7, 11) is 0. The lowest BCUT2D eigenvalue weighted by Crippen LogP contribution is -2.15. The lowest BCUT2D eigenvalue weighted by Gasteiger charge is -2.17. The first-order valence-corrected chi connectivity index (χ1v) is 8.05. The first-order chi connectivity index (χ1) is 11.2. The lowest BCUT2D eigenvalue weighted by atomic mass is 9.92. The van der Waals surface area contributed by atoms with Gasteiger partial charge in [-0.2, -0.15) is 0 Å². The monoisotopic (exact) mass is 315 g/mol. The molecule has 4 nitrogen and oxygen atoms in total. The highest BCUT2D eigenvalue weighted by Gasteiger charge is 2.13. The lowest BCUT2D eigenvalue weighted by molar-refractivity contribution is 0.287. The third-order valence-electron chi connectivity index (χ3n) is 3.74. The van der Waals surface area contributed by atoms with Crippen molar-refractivity contribution < 1.29 is 14.6 Å². The van der Waals surface area contributed by atoms with Crippen LogP contribution in [0.15, 0.2) is 42.5 Å². The molecule has 0 saturated carbocycles. The van der Waals surface area contributed by atoms with E-state index < -0.39 is 0 Å². The van der Waals surface area contributed by atoms with Crippen LogP contribution in [0.2, 0.25) is 0 Å². The average Bonchev–Trinajstić information content (AvgIpc) is 2.56. The highest BCUT2D eigenvalue weighted by atomic mass is 16.5. The largest absolute Gasteiger partial charge is 0.508 e. The van der Waals surface area contributed by atoms with Crippen LogP contribution in [0.4, 0.5) is 0 Å². The Bertz CT molecular complexity index is 611.